The normalized spacial score (nSPS) is 22.9. The van der Waals surface area contributed by atoms with Gasteiger partial charge in [0.25, 0.3) is 0 Å². The van der Waals surface area contributed by atoms with Gasteiger partial charge in [-0.05, 0) is 20.4 Å². The molecule has 0 bridgehead atoms. The second kappa shape index (κ2) is 7.18. The highest BCUT2D eigenvalue weighted by Crippen LogP contribution is 2.24. The first kappa shape index (κ1) is 16.2. The molecule has 2 atom stereocenters. The van der Waals surface area contributed by atoms with Gasteiger partial charge in [0.05, 0.1) is 29.8 Å². The van der Waals surface area contributed by atoms with E-state index in [1.54, 1.807) is 0 Å². The van der Waals surface area contributed by atoms with E-state index in [1.807, 2.05) is 6.20 Å². The van der Waals surface area contributed by atoms with Crippen LogP contribution in [-0.4, -0.2) is 41.8 Å². The standard InChI is InChI=1S/C16H28N4O/c1-6-17-7-14-15(8-18-16(19-14)11(2)3)20-9-12(4)21-13(5)10-20/h8,11-13,17H,6-7,9-10H2,1-5H3. The van der Waals surface area contributed by atoms with Crippen molar-refractivity contribution in [2.24, 2.45) is 0 Å². The third kappa shape index (κ3) is 4.14. The van der Waals surface area contributed by atoms with E-state index in [9.17, 15) is 0 Å². The summed E-state index contributed by atoms with van der Waals surface area (Å²) < 4.78 is 5.82. The Bertz CT molecular complexity index is 454. The number of nitrogens with one attached hydrogen (secondary N) is 1. The molecule has 21 heavy (non-hydrogen) atoms. The maximum atomic E-state index is 5.82. The van der Waals surface area contributed by atoms with E-state index in [0.29, 0.717) is 5.92 Å². The van der Waals surface area contributed by atoms with Gasteiger partial charge in [0.15, 0.2) is 0 Å². The van der Waals surface area contributed by atoms with Crippen LogP contribution in [0.15, 0.2) is 6.20 Å². The molecule has 0 spiro atoms. The van der Waals surface area contributed by atoms with Crippen LogP contribution in [0, 0.1) is 0 Å². The molecule has 1 aliphatic rings. The summed E-state index contributed by atoms with van der Waals surface area (Å²) in [6.45, 7) is 14.1. The molecule has 5 nitrogen and oxygen atoms in total. The van der Waals surface area contributed by atoms with Crippen molar-refractivity contribution in [3.63, 3.8) is 0 Å². The molecule has 118 valence electrons. The smallest absolute Gasteiger partial charge is 0.131 e. The number of ether oxygens (including phenoxy) is 1. The summed E-state index contributed by atoms with van der Waals surface area (Å²) in [5, 5.41) is 3.38. The van der Waals surface area contributed by atoms with Gasteiger partial charge in [0.2, 0.25) is 0 Å². The molecule has 5 heteroatoms. The lowest BCUT2D eigenvalue weighted by atomic mass is 10.1. The van der Waals surface area contributed by atoms with Crippen LogP contribution in [0.2, 0.25) is 0 Å². The van der Waals surface area contributed by atoms with E-state index in [1.165, 1.54) is 0 Å². The highest BCUT2D eigenvalue weighted by molar-refractivity contribution is 5.50. The van der Waals surface area contributed by atoms with Crippen molar-refractivity contribution in [2.45, 2.75) is 59.3 Å². The molecule has 0 radical (unpaired) electrons. The second-order valence-electron chi connectivity index (χ2n) is 6.16. The molecule has 1 aliphatic heterocycles. The number of anilines is 1. The third-order valence-corrected chi connectivity index (χ3v) is 3.68. The van der Waals surface area contributed by atoms with Gasteiger partial charge in [0, 0.05) is 25.6 Å². The zero-order valence-corrected chi connectivity index (χ0v) is 13.9. The summed E-state index contributed by atoms with van der Waals surface area (Å²) in [5.74, 6) is 1.27. The van der Waals surface area contributed by atoms with E-state index in [-0.39, 0.29) is 12.2 Å². The zero-order chi connectivity index (χ0) is 15.4. The minimum Gasteiger partial charge on any atom is -0.372 e. The van der Waals surface area contributed by atoms with Crippen LogP contribution in [0.5, 0.6) is 0 Å². The van der Waals surface area contributed by atoms with Crippen LogP contribution in [0.4, 0.5) is 5.69 Å². The molecule has 2 unspecified atom stereocenters. The van der Waals surface area contributed by atoms with Crippen molar-refractivity contribution >= 4 is 5.69 Å². The van der Waals surface area contributed by atoms with Gasteiger partial charge >= 0.3 is 0 Å². The van der Waals surface area contributed by atoms with Crippen molar-refractivity contribution < 1.29 is 4.74 Å². The maximum absolute atomic E-state index is 5.82. The summed E-state index contributed by atoms with van der Waals surface area (Å²) in [4.78, 5) is 11.7. The SMILES string of the molecule is CCNCc1nc(C(C)C)ncc1N1CC(C)OC(C)C1. The Labute approximate surface area is 128 Å². The van der Waals surface area contributed by atoms with Gasteiger partial charge < -0.3 is 15.0 Å². The van der Waals surface area contributed by atoms with Gasteiger partial charge in [-0.3, -0.25) is 0 Å². The van der Waals surface area contributed by atoms with Crippen LogP contribution in [0.25, 0.3) is 0 Å². The van der Waals surface area contributed by atoms with Crippen LogP contribution in [0.3, 0.4) is 0 Å². The maximum Gasteiger partial charge on any atom is 0.131 e. The summed E-state index contributed by atoms with van der Waals surface area (Å²) >= 11 is 0. The first-order chi connectivity index (χ1) is 10.0. The Hall–Kier alpha value is -1.20. The molecule has 1 fully saturated rings. The summed E-state index contributed by atoms with van der Waals surface area (Å²) in [6.07, 6.45) is 2.47. The molecule has 1 N–H and O–H groups in total. The molecule has 0 saturated carbocycles. The predicted molar refractivity (Wildman–Crippen MR) is 85.7 cm³/mol. The van der Waals surface area contributed by atoms with E-state index in [2.05, 4.69) is 49.8 Å². The van der Waals surface area contributed by atoms with E-state index < -0.39 is 0 Å². The van der Waals surface area contributed by atoms with Gasteiger partial charge in [-0.2, -0.15) is 0 Å². The van der Waals surface area contributed by atoms with Gasteiger partial charge in [0.1, 0.15) is 5.82 Å². The highest BCUT2D eigenvalue weighted by Gasteiger charge is 2.25. The van der Waals surface area contributed by atoms with E-state index in [0.717, 1.165) is 43.4 Å². The average Bonchev–Trinajstić information content (AvgIpc) is 2.43. The highest BCUT2D eigenvalue weighted by atomic mass is 16.5. The quantitative estimate of drug-likeness (QED) is 0.902. The van der Waals surface area contributed by atoms with Gasteiger partial charge in [-0.1, -0.05) is 20.8 Å². The third-order valence-electron chi connectivity index (χ3n) is 3.68. The minimum absolute atomic E-state index is 0.241. The number of hydrogen-bond donors (Lipinski definition) is 1. The van der Waals surface area contributed by atoms with Gasteiger partial charge in [-0.25, -0.2) is 9.97 Å². The van der Waals surface area contributed by atoms with Gasteiger partial charge in [-0.15, -0.1) is 0 Å². The number of morpholine rings is 1. The largest absolute Gasteiger partial charge is 0.372 e. The number of rotatable bonds is 5. The fourth-order valence-corrected chi connectivity index (χ4v) is 2.72. The molecular weight excluding hydrogens is 264 g/mol. The first-order valence-electron chi connectivity index (χ1n) is 7.98. The Morgan fingerprint density at radius 1 is 1.33 bits per heavy atom. The van der Waals surface area contributed by atoms with Crippen LogP contribution >= 0.6 is 0 Å². The fourth-order valence-electron chi connectivity index (χ4n) is 2.72. The van der Waals surface area contributed by atoms with Crippen LogP contribution in [0.1, 0.15) is 52.1 Å². The molecule has 0 aromatic carbocycles. The summed E-state index contributed by atoms with van der Waals surface area (Å²) in [7, 11) is 0. The Morgan fingerprint density at radius 3 is 2.57 bits per heavy atom. The monoisotopic (exact) mass is 292 g/mol. The molecule has 1 saturated heterocycles. The average molecular weight is 292 g/mol. The summed E-state index contributed by atoms with van der Waals surface area (Å²) in [5.41, 5.74) is 2.24. The molecule has 0 aliphatic carbocycles. The first-order valence-corrected chi connectivity index (χ1v) is 7.98. The lowest BCUT2D eigenvalue weighted by molar-refractivity contribution is -0.00530. The topological polar surface area (TPSA) is 50.3 Å². The molecule has 2 rings (SSSR count). The van der Waals surface area contributed by atoms with E-state index in [4.69, 9.17) is 9.72 Å². The Balaban J connectivity index is 2.27. The summed E-state index contributed by atoms with van der Waals surface area (Å²) in [6, 6.07) is 0. The molecular formula is C16H28N4O. The lowest BCUT2D eigenvalue weighted by Crippen LogP contribution is -2.46. The Kier molecular flexibility index (Phi) is 5.53. The second-order valence-corrected chi connectivity index (χ2v) is 6.16. The number of aromatic nitrogens is 2. The number of nitrogens with zero attached hydrogens (tertiary/aromatic N) is 3. The molecule has 0 amide bonds. The van der Waals surface area contributed by atoms with Crippen molar-refractivity contribution in [2.75, 3.05) is 24.5 Å². The van der Waals surface area contributed by atoms with Crippen molar-refractivity contribution in [1.29, 1.82) is 0 Å². The van der Waals surface area contributed by atoms with Crippen molar-refractivity contribution in [1.82, 2.24) is 15.3 Å². The van der Waals surface area contributed by atoms with Crippen molar-refractivity contribution in [3.05, 3.63) is 17.7 Å². The van der Waals surface area contributed by atoms with Crippen LogP contribution in [-0.2, 0) is 11.3 Å². The molecule has 1 aromatic heterocycles. The van der Waals surface area contributed by atoms with Crippen molar-refractivity contribution in [3.8, 4) is 0 Å². The van der Waals surface area contributed by atoms with Crippen LogP contribution < -0.4 is 10.2 Å². The zero-order valence-electron chi connectivity index (χ0n) is 13.9. The molecule has 2 heterocycles. The minimum atomic E-state index is 0.241. The lowest BCUT2D eigenvalue weighted by Gasteiger charge is -2.37. The molecule has 1 aromatic rings. The fraction of sp³-hybridized carbons (Fsp3) is 0.750. The Morgan fingerprint density at radius 2 is 2.00 bits per heavy atom. The predicted octanol–water partition coefficient (Wildman–Crippen LogP) is 2.32. The number of hydrogen-bond acceptors (Lipinski definition) is 5. The van der Waals surface area contributed by atoms with E-state index >= 15 is 0 Å².